The molecule has 0 atom stereocenters. The summed E-state index contributed by atoms with van der Waals surface area (Å²) in [5.74, 6) is 2.13. The molecule has 1 aliphatic carbocycles. The number of carbonyl (C=O) groups excluding carboxylic acids is 3. The lowest BCUT2D eigenvalue weighted by Crippen LogP contribution is -2.37. The van der Waals surface area contributed by atoms with Gasteiger partial charge in [-0.1, -0.05) is 53.0 Å². The van der Waals surface area contributed by atoms with Crippen LogP contribution in [-0.4, -0.2) is 70.8 Å². The molecule has 51 heavy (non-hydrogen) atoms. The Morgan fingerprint density at radius 2 is 1.47 bits per heavy atom. The standard InChI is InChI=1S/C12H16N2O2.C10H12N2O2.C9H10N2O.C7H14.C2H6/c1-9(2)16-12(15)14-7-3-4-10-8-13-6-5-11(10)14;1-14-10(13)12-6-4-8-3-2-5-11-9(8)7-12;1-7(12)11-5-3-8-2-4-10-6-9(8)11;1-6(2)7-4-3-5-7;1-2/h5-6,8-9H,3-4,7H2,1-2H3;2-3,5H,4,6-7H2,1H3;2,4,6H,3,5H2,1H3;6-7H,3-5H2,1-2H3;1-2H3. The summed E-state index contributed by atoms with van der Waals surface area (Å²) in [4.78, 5) is 51.6. The van der Waals surface area contributed by atoms with Gasteiger partial charge < -0.3 is 19.3 Å². The number of carbonyl (C=O) groups is 3. The van der Waals surface area contributed by atoms with E-state index in [1.165, 1.54) is 37.5 Å². The van der Waals surface area contributed by atoms with Crippen LogP contribution < -0.4 is 9.80 Å². The highest BCUT2D eigenvalue weighted by atomic mass is 16.6. The average Bonchev–Trinajstić information content (AvgIpc) is 3.56. The maximum absolute atomic E-state index is 11.9. The van der Waals surface area contributed by atoms with Crippen molar-refractivity contribution in [2.45, 2.75) is 106 Å². The van der Waals surface area contributed by atoms with E-state index in [0.29, 0.717) is 13.1 Å². The summed E-state index contributed by atoms with van der Waals surface area (Å²) in [5.41, 5.74) is 6.46. The zero-order valence-corrected chi connectivity index (χ0v) is 31.9. The third kappa shape index (κ3) is 12.0. The number of methoxy groups -OCH3 is 1. The van der Waals surface area contributed by atoms with Crippen molar-refractivity contribution >= 4 is 29.5 Å². The Morgan fingerprint density at radius 3 is 2.10 bits per heavy atom. The Kier molecular flexibility index (Phi) is 16.8. The third-order valence-electron chi connectivity index (χ3n) is 9.22. The van der Waals surface area contributed by atoms with Crippen LogP contribution >= 0.6 is 0 Å². The number of anilines is 2. The maximum Gasteiger partial charge on any atom is 0.414 e. The van der Waals surface area contributed by atoms with E-state index >= 15 is 0 Å². The van der Waals surface area contributed by atoms with Gasteiger partial charge in [-0.3, -0.25) is 24.6 Å². The summed E-state index contributed by atoms with van der Waals surface area (Å²) in [7, 11) is 1.40. The van der Waals surface area contributed by atoms with Crippen LogP contribution in [0, 0.1) is 11.8 Å². The fraction of sp³-hybridized carbons (Fsp3) is 0.550. The van der Waals surface area contributed by atoms with E-state index in [2.05, 4.69) is 39.6 Å². The number of fused-ring (bicyclic) bond motifs is 3. The van der Waals surface area contributed by atoms with E-state index in [1.807, 2.05) is 52.1 Å². The van der Waals surface area contributed by atoms with Crippen molar-refractivity contribution in [3.05, 3.63) is 77.6 Å². The highest BCUT2D eigenvalue weighted by molar-refractivity contribution is 5.93. The monoisotopic (exact) mass is 702 g/mol. The van der Waals surface area contributed by atoms with Gasteiger partial charge in [-0.2, -0.15) is 0 Å². The van der Waals surface area contributed by atoms with Crippen LogP contribution in [0.2, 0.25) is 0 Å². The molecule has 7 rings (SSSR count). The fourth-order valence-corrected chi connectivity index (χ4v) is 6.18. The summed E-state index contributed by atoms with van der Waals surface area (Å²) in [6, 6.07) is 7.82. The Balaban J connectivity index is 0.000000186. The minimum Gasteiger partial charge on any atom is -0.453 e. The highest BCUT2D eigenvalue weighted by Gasteiger charge is 2.25. The third-order valence-corrected chi connectivity index (χ3v) is 9.22. The van der Waals surface area contributed by atoms with Crippen LogP contribution in [0.5, 0.6) is 0 Å². The first-order chi connectivity index (χ1) is 24.6. The van der Waals surface area contributed by atoms with Crippen LogP contribution in [-0.2, 0) is 40.1 Å². The Hall–Kier alpha value is -4.54. The lowest BCUT2D eigenvalue weighted by molar-refractivity contribution is -0.116. The normalized spacial score (nSPS) is 15.4. The van der Waals surface area contributed by atoms with E-state index in [4.69, 9.17) is 4.74 Å². The summed E-state index contributed by atoms with van der Waals surface area (Å²) in [6.07, 6.45) is 16.4. The summed E-state index contributed by atoms with van der Waals surface area (Å²) >= 11 is 0. The molecule has 0 aromatic carbocycles. The van der Waals surface area contributed by atoms with Crippen molar-refractivity contribution in [2.24, 2.45) is 11.8 Å². The molecule has 3 aliphatic heterocycles. The first kappa shape index (κ1) is 40.9. The molecule has 3 aromatic heterocycles. The Labute approximate surface area is 304 Å². The molecular formula is C40H58N6O5. The Bertz CT molecular complexity index is 1540. The van der Waals surface area contributed by atoms with Crippen LogP contribution in [0.4, 0.5) is 21.0 Å². The lowest BCUT2D eigenvalue weighted by atomic mass is 9.78. The molecule has 0 N–H and O–H groups in total. The topological polar surface area (TPSA) is 118 Å². The van der Waals surface area contributed by atoms with Crippen molar-refractivity contribution in [1.29, 1.82) is 0 Å². The molecule has 11 nitrogen and oxygen atoms in total. The first-order valence-electron chi connectivity index (χ1n) is 18.5. The predicted octanol–water partition coefficient (Wildman–Crippen LogP) is 8.04. The lowest BCUT2D eigenvalue weighted by Gasteiger charge is -2.28. The molecule has 0 spiro atoms. The van der Waals surface area contributed by atoms with Gasteiger partial charge in [0.15, 0.2) is 0 Å². The molecule has 278 valence electrons. The average molecular weight is 703 g/mol. The van der Waals surface area contributed by atoms with Crippen LogP contribution in [0.15, 0.2) is 55.2 Å². The number of pyridine rings is 3. The number of aryl methyl sites for hydroxylation is 1. The smallest absolute Gasteiger partial charge is 0.414 e. The Morgan fingerprint density at radius 1 is 0.765 bits per heavy atom. The molecule has 0 unspecified atom stereocenters. The van der Waals surface area contributed by atoms with E-state index in [0.717, 1.165) is 73.2 Å². The number of hydrogen-bond acceptors (Lipinski definition) is 8. The quantitative estimate of drug-likeness (QED) is 0.263. The van der Waals surface area contributed by atoms with Gasteiger partial charge >= 0.3 is 12.2 Å². The molecular weight excluding hydrogens is 644 g/mol. The molecule has 0 radical (unpaired) electrons. The van der Waals surface area contributed by atoms with Crippen molar-refractivity contribution in [3.63, 3.8) is 0 Å². The number of nitrogens with zero attached hydrogens (tertiary/aromatic N) is 6. The number of hydrogen-bond donors (Lipinski definition) is 0. The van der Waals surface area contributed by atoms with Crippen molar-refractivity contribution < 1.29 is 23.9 Å². The van der Waals surface area contributed by atoms with Gasteiger partial charge in [-0.05, 0) is 86.3 Å². The number of rotatable bonds is 2. The summed E-state index contributed by atoms with van der Waals surface area (Å²) < 4.78 is 9.88. The second kappa shape index (κ2) is 21.0. The minimum atomic E-state index is -0.277. The summed E-state index contributed by atoms with van der Waals surface area (Å²) in [6.45, 7) is 16.7. The zero-order valence-electron chi connectivity index (χ0n) is 31.9. The maximum atomic E-state index is 11.9. The van der Waals surface area contributed by atoms with Gasteiger partial charge in [-0.25, -0.2) is 9.59 Å². The molecule has 0 saturated heterocycles. The van der Waals surface area contributed by atoms with Gasteiger partial charge in [-0.15, -0.1) is 0 Å². The predicted molar refractivity (Wildman–Crippen MR) is 202 cm³/mol. The molecule has 6 heterocycles. The fourth-order valence-electron chi connectivity index (χ4n) is 6.18. The van der Waals surface area contributed by atoms with Crippen molar-refractivity contribution in [1.82, 2.24) is 19.9 Å². The van der Waals surface area contributed by atoms with E-state index in [1.54, 1.807) is 46.4 Å². The number of aromatic nitrogens is 3. The molecule has 3 aromatic rings. The van der Waals surface area contributed by atoms with Crippen LogP contribution in [0.3, 0.4) is 0 Å². The molecule has 3 amide bonds. The van der Waals surface area contributed by atoms with E-state index in [9.17, 15) is 14.4 Å². The molecule has 4 aliphatic rings. The van der Waals surface area contributed by atoms with E-state index < -0.39 is 0 Å². The number of amides is 3. The molecule has 0 bridgehead atoms. The van der Waals surface area contributed by atoms with Gasteiger partial charge in [0.1, 0.15) is 0 Å². The first-order valence-corrected chi connectivity index (χ1v) is 18.5. The van der Waals surface area contributed by atoms with Crippen molar-refractivity contribution in [2.75, 3.05) is 36.5 Å². The zero-order chi connectivity index (χ0) is 37.3. The molecule has 1 saturated carbocycles. The highest BCUT2D eigenvalue weighted by Crippen LogP contribution is 2.32. The van der Waals surface area contributed by atoms with Crippen LogP contribution in [0.1, 0.15) is 96.5 Å². The largest absolute Gasteiger partial charge is 0.453 e. The van der Waals surface area contributed by atoms with Gasteiger partial charge in [0.2, 0.25) is 5.91 Å². The summed E-state index contributed by atoms with van der Waals surface area (Å²) in [5, 5.41) is 0. The minimum absolute atomic E-state index is 0.0836. The SMILES string of the molecule is CC.CC(=O)N1CCc2ccncc21.CC(C)C1CCC1.CC(C)OC(=O)N1CCCc2cnccc21.COC(=O)N1CCc2cccnc2C1. The van der Waals surface area contributed by atoms with Gasteiger partial charge in [0.25, 0.3) is 0 Å². The molecule has 11 heteroatoms. The molecule has 1 fully saturated rings. The van der Waals surface area contributed by atoms with Gasteiger partial charge in [0, 0.05) is 51.3 Å². The van der Waals surface area contributed by atoms with E-state index in [-0.39, 0.29) is 24.2 Å². The van der Waals surface area contributed by atoms with Crippen molar-refractivity contribution in [3.8, 4) is 0 Å². The second-order valence-electron chi connectivity index (χ2n) is 13.3. The van der Waals surface area contributed by atoms with Gasteiger partial charge in [0.05, 0.1) is 43.0 Å². The number of ether oxygens (including phenoxy) is 2. The van der Waals surface area contributed by atoms with Crippen LogP contribution in [0.25, 0.3) is 0 Å². The second-order valence-corrected chi connectivity index (χ2v) is 13.3.